The lowest BCUT2D eigenvalue weighted by Crippen LogP contribution is -2.45. The number of benzene rings is 2. The molecule has 2 fully saturated rings. The average molecular weight is 539 g/mol. The van der Waals surface area contributed by atoms with E-state index in [1.807, 2.05) is 37.3 Å². The highest BCUT2D eigenvalue weighted by Crippen LogP contribution is 2.37. The van der Waals surface area contributed by atoms with E-state index in [1.165, 1.54) is 6.33 Å². The third-order valence-electron chi connectivity index (χ3n) is 8.32. The number of aryl methyl sites for hydroxylation is 2. The maximum atomic E-state index is 6.39. The highest BCUT2D eigenvalue weighted by Gasteiger charge is 2.30. The fraction of sp³-hybridized carbons (Fsp3) is 0.400. The molecule has 1 aliphatic carbocycles. The molecule has 1 saturated carbocycles. The number of nitrogen functional groups attached to an aromatic ring is 1. The molecule has 40 heavy (non-hydrogen) atoms. The summed E-state index contributed by atoms with van der Waals surface area (Å²) >= 11 is 0. The van der Waals surface area contributed by atoms with Gasteiger partial charge in [0, 0.05) is 30.4 Å². The van der Waals surface area contributed by atoms with Crippen molar-refractivity contribution >= 4 is 39.7 Å². The maximum Gasteiger partial charge on any atom is 0.300 e. The summed E-state index contributed by atoms with van der Waals surface area (Å²) in [5, 5.41) is 9.19. The van der Waals surface area contributed by atoms with Crippen molar-refractivity contribution in [1.82, 2.24) is 29.6 Å². The molecule has 1 aliphatic heterocycles. The normalized spacial score (nSPS) is 20.4. The summed E-state index contributed by atoms with van der Waals surface area (Å²) in [5.41, 5.74) is 13.7. The van der Waals surface area contributed by atoms with Gasteiger partial charge >= 0.3 is 0 Å². The Balaban J connectivity index is 1.14. The van der Waals surface area contributed by atoms with Crippen molar-refractivity contribution in [3.63, 3.8) is 0 Å². The first-order valence-electron chi connectivity index (χ1n) is 14.1. The number of anilines is 3. The predicted octanol–water partition coefficient (Wildman–Crippen LogP) is 5.39. The summed E-state index contributed by atoms with van der Waals surface area (Å²) in [7, 11) is 0. The van der Waals surface area contributed by atoms with E-state index in [2.05, 4.69) is 42.8 Å². The monoisotopic (exact) mass is 538 g/mol. The van der Waals surface area contributed by atoms with E-state index < -0.39 is 0 Å². The van der Waals surface area contributed by atoms with Crippen LogP contribution in [0.25, 0.3) is 33.4 Å². The van der Waals surface area contributed by atoms with E-state index in [1.54, 1.807) is 0 Å². The molecular weight excluding hydrogens is 504 g/mol. The van der Waals surface area contributed by atoms with Crippen molar-refractivity contribution in [3.05, 3.63) is 53.9 Å². The zero-order valence-corrected chi connectivity index (χ0v) is 22.9. The summed E-state index contributed by atoms with van der Waals surface area (Å²) in [6, 6.07) is 13.6. The molecule has 10 nitrogen and oxygen atoms in total. The van der Waals surface area contributed by atoms with E-state index >= 15 is 0 Å². The molecule has 206 valence electrons. The molecule has 0 atom stereocenters. The number of ether oxygens (including phenoxy) is 1. The fourth-order valence-corrected chi connectivity index (χ4v) is 6.33. The largest absolute Gasteiger partial charge is 0.423 e. The molecule has 5 aromatic rings. The van der Waals surface area contributed by atoms with Gasteiger partial charge in [-0.3, -0.25) is 4.90 Å². The van der Waals surface area contributed by atoms with E-state index in [0.29, 0.717) is 17.9 Å². The number of fused-ring (bicyclic) bond motifs is 2. The van der Waals surface area contributed by atoms with E-state index in [9.17, 15) is 0 Å². The Morgan fingerprint density at radius 1 is 0.950 bits per heavy atom. The quantitative estimate of drug-likeness (QED) is 0.303. The number of nitrogens with two attached hydrogens (primary N) is 1. The van der Waals surface area contributed by atoms with Gasteiger partial charge in [0.1, 0.15) is 23.4 Å². The van der Waals surface area contributed by atoms with E-state index in [4.69, 9.17) is 20.0 Å². The van der Waals surface area contributed by atoms with Gasteiger partial charge in [-0.25, -0.2) is 14.6 Å². The lowest BCUT2D eigenvalue weighted by Gasteiger charge is -2.38. The van der Waals surface area contributed by atoms with Gasteiger partial charge in [-0.1, -0.05) is 18.2 Å². The molecule has 10 heteroatoms. The summed E-state index contributed by atoms with van der Waals surface area (Å²) in [6.07, 6.45) is 5.97. The second-order valence-corrected chi connectivity index (χ2v) is 11.0. The molecule has 2 aliphatic rings. The van der Waals surface area contributed by atoms with Gasteiger partial charge in [0.2, 0.25) is 0 Å². The summed E-state index contributed by atoms with van der Waals surface area (Å²) in [4.78, 5) is 16.1. The SMILES string of the molecule is Cc1cc(C)c2oc(Nc3ccc(-c4nn(C5CCC(N6CCOCC6)CC5)c5ncnc(N)c45)cc3)nc2c1. The second-order valence-electron chi connectivity index (χ2n) is 11.0. The third kappa shape index (κ3) is 4.56. The highest BCUT2D eigenvalue weighted by molar-refractivity contribution is 5.98. The number of hydrogen-bond donors (Lipinski definition) is 2. The topological polar surface area (TPSA) is 120 Å². The molecule has 3 aromatic heterocycles. The summed E-state index contributed by atoms with van der Waals surface area (Å²) in [5.74, 6) is 0.451. The van der Waals surface area contributed by atoms with Crippen LogP contribution in [-0.2, 0) is 4.74 Å². The Hall–Kier alpha value is -4.02. The van der Waals surface area contributed by atoms with Crippen LogP contribution in [0.5, 0.6) is 0 Å². The van der Waals surface area contributed by atoms with Crippen molar-refractivity contribution < 1.29 is 9.15 Å². The number of rotatable bonds is 5. The fourth-order valence-electron chi connectivity index (χ4n) is 6.33. The summed E-state index contributed by atoms with van der Waals surface area (Å²) in [6.45, 7) is 7.84. The number of hydrogen-bond acceptors (Lipinski definition) is 9. The Morgan fingerprint density at radius 2 is 1.70 bits per heavy atom. The van der Waals surface area contributed by atoms with Crippen LogP contribution in [0.3, 0.4) is 0 Å². The molecule has 3 N–H and O–H groups in total. The van der Waals surface area contributed by atoms with Crippen LogP contribution in [0, 0.1) is 13.8 Å². The molecule has 1 saturated heterocycles. The molecule has 0 bridgehead atoms. The Morgan fingerprint density at radius 3 is 2.48 bits per heavy atom. The molecule has 0 radical (unpaired) electrons. The van der Waals surface area contributed by atoms with Crippen LogP contribution in [0.15, 0.2) is 47.1 Å². The van der Waals surface area contributed by atoms with E-state index in [-0.39, 0.29) is 6.04 Å². The number of nitrogens with zero attached hydrogens (tertiary/aromatic N) is 6. The zero-order valence-electron chi connectivity index (χ0n) is 22.9. The maximum absolute atomic E-state index is 6.39. The first-order chi connectivity index (χ1) is 19.5. The standard InChI is InChI=1S/C30H34N8O2/c1-18-15-19(2)27-24(16-18)35-30(40-27)34-21-5-3-20(4-6-21)26-25-28(31)32-17-33-29(25)38(36-26)23-9-7-22(8-10-23)37-11-13-39-14-12-37/h3-6,15-17,22-23H,7-14H2,1-2H3,(H,34,35)(H2,31,32,33). The smallest absolute Gasteiger partial charge is 0.300 e. The Bertz CT molecular complexity index is 1660. The van der Waals surface area contributed by atoms with Gasteiger partial charge in [-0.2, -0.15) is 10.1 Å². The molecule has 7 rings (SSSR count). The summed E-state index contributed by atoms with van der Waals surface area (Å²) < 4.78 is 13.6. The lowest BCUT2D eigenvalue weighted by atomic mass is 9.90. The molecule has 0 unspecified atom stereocenters. The zero-order chi connectivity index (χ0) is 27.2. The second kappa shape index (κ2) is 10.2. The number of oxazole rings is 1. The van der Waals surface area contributed by atoms with Gasteiger partial charge in [0.05, 0.1) is 24.6 Å². The first-order valence-corrected chi connectivity index (χ1v) is 14.1. The van der Waals surface area contributed by atoms with Crippen molar-refractivity contribution in [3.8, 4) is 11.3 Å². The average Bonchev–Trinajstić information content (AvgIpc) is 3.56. The van der Waals surface area contributed by atoms with Crippen LogP contribution in [0.4, 0.5) is 17.5 Å². The van der Waals surface area contributed by atoms with Gasteiger partial charge < -0.3 is 20.2 Å². The predicted molar refractivity (Wildman–Crippen MR) is 156 cm³/mol. The van der Waals surface area contributed by atoms with Crippen LogP contribution >= 0.6 is 0 Å². The number of nitrogens with one attached hydrogen (secondary N) is 1. The van der Waals surface area contributed by atoms with E-state index in [0.717, 1.165) is 102 Å². The van der Waals surface area contributed by atoms with Gasteiger partial charge in [-0.05, 0) is 68.9 Å². The highest BCUT2D eigenvalue weighted by atomic mass is 16.5. The van der Waals surface area contributed by atoms with Crippen LogP contribution < -0.4 is 11.1 Å². The number of aromatic nitrogens is 5. The lowest BCUT2D eigenvalue weighted by molar-refractivity contribution is 0.00520. The van der Waals surface area contributed by atoms with Crippen molar-refractivity contribution in [2.24, 2.45) is 0 Å². The number of morpholine rings is 1. The van der Waals surface area contributed by atoms with Crippen LogP contribution in [-0.4, -0.2) is 62.0 Å². The molecule has 4 heterocycles. The van der Waals surface area contributed by atoms with Crippen molar-refractivity contribution in [2.75, 3.05) is 37.4 Å². The first kappa shape index (κ1) is 25.0. The molecular formula is C30H34N8O2. The van der Waals surface area contributed by atoms with Crippen LogP contribution in [0.2, 0.25) is 0 Å². The minimum Gasteiger partial charge on any atom is -0.423 e. The Labute approximate surface area is 232 Å². The van der Waals surface area contributed by atoms with Crippen molar-refractivity contribution in [1.29, 1.82) is 0 Å². The minimum atomic E-state index is 0.287. The van der Waals surface area contributed by atoms with Crippen LogP contribution in [0.1, 0.15) is 42.9 Å². The third-order valence-corrected chi connectivity index (χ3v) is 8.32. The Kier molecular flexibility index (Phi) is 6.36. The molecule has 0 spiro atoms. The van der Waals surface area contributed by atoms with Gasteiger partial charge in [0.25, 0.3) is 6.01 Å². The molecule has 2 aromatic carbocycles. The minimum absolute atomic E-state index is 0.287. The molecule has 0 amide bonds. The van der Waals surface area contributed by atoms with Crippen molar-refractivity contribution in [2.45, 2.75) is 51.6 Å². The van der Waals surface area contributed by atoms with Gasteiger partial charge in [-0.15, -0.1) is 0 Å². The van der Waals surface area contributed by atoms with Gasteiger partial charge in [0.15, 0.2) is 11.2 Å².